The van der Waals surface area contributed by atoms with Crippen molar-refractivity contribution in [1.82, 2.24) is 0 Å². The Morgan fingerprint density at radius 1 is 0.615 bits per heavy atom. The molecule has 2 heteroatoms. The molecule has 26 heavy (non-hydrogen) atoms. The van der Waals surface area contributed by atoms with Crippen molar-refractivity contribution in [2.75, 3.05) is 6.61 Å². The van der Waals surface area contributed by atoms with Crippen molar-refractivity contribution in [2.24, 2.45) is 0 Å². The van der Waals surface area contributed by atoms with Gasteiger partial charge >= 0.3 is 18.9 Å². The van der Waals surface area contributed by atoms with Crippen molar-refractivity contribution in [3.63, 3.8) is 0 Å². The molecule has 0 saturated heterocycles. The molecular weight excluding hydrogens is 311 g/mol. The summed E-state index contributed by atoms with van der Waals surface area (Å²) in [6.07, 6.45) is 3.03. The minimum Gasteiger partial charge on any atom is -0.361 e. The van der Waals surface area contributed by atoms with Gasteiger partial charge in [-0.05, 0) is 23.1 Å². The van der Waals surface area contributed by atoms with E-state index >= 15 is 0 Å². The standard InChI is InChI=1S/C24H25O.Li/c1-2-3-13-20-25-24(21-14-7-4-8-15-21,22-16-9-5-10-17-22)23-18-11-6-12-19-23;/h4-12,14-19H,1-3,13,20H2;/q-1;+1. The van der Waals surface area contributed by atoms with Crippen molar-refractivity contribution >= 4 is 0 Å². The second kappa shape index (κ2) is 10.4. The van der Waals surface area contributed by atoms with E-state index in [-0.39, 0.29) is 18.9 Å². The minimum absolute atomic E-state index is 0. The first-order valence-electron chi connectivity index (χ1n) is 8.97. The smallest absolute Gasteiger partial charge is 0.361 e. The maximum Gasteiger partial charge on any atom is 1.00 e. The van der Waals surface area contributed by atoms with Gasteiger partial charge in [0.15, 0.2) is 0 Å². The second-order valence-corrected chi connectivity index (χ2v) is 6.19. The van der Waals surface area contributed by atoms with Crippen LogP contribution in [0.15, 0.2) is 91.0 Å². The number of unbranched alkanes of at least 4 members (excludes halogenated alkanes) is 2. The molecule has 128 valence electrons. The number of benzene rings is 3. The molecule has 0 atom stereocenters. The quantitative estimate of drug-likeness (QED) is 0.266. The summed E-state index contributed by atoms with van der Waals surface area (Å²) in [5.41, 5.74) is 2.87. The average Bonchev–Trinajstić information content (AvgIpc) is 2.70. The van der Waals surface area contributed by atoms with Gasteiger partial charge in [-0.2, -0.15) is 6.42 Å². The number of rotatable bonds is 8. The van der Waals surface area contributed by atoms with Crippen LogP contribution in [0.4, 0.5) is 0 Å². The largest absolute Gasteiger partial charge is 1.00 e. The fraction of sp³-hybridized carbons (Fsp3) is 0.208. The molecule has 0 N–H and O–H groups in total. The SMILES string of the molecule is [CH2-]CCCCOC(c1ccccc1)(c1ccccc1)c1ccccc1.[Li+]. The third-order valence-electron chi connectivity index (χ3n) is 4.50. The van der Waals surface area contributed by atoms with Gasteiger partial charge in [0, 0.05) is 6.61 Å². The predicted molar refractivity (Wildman–Crippen MR) is 104 cm³/mol. The van der Waals surface area contributed by atoms with E-state index in [1.165, 1.54) is 0 Å². The Morgan fingerprint density at radius 3 is 1.35 bits per heavy atom. The van der Waals surface area contributed by atoms with Gasteiger partial charge in [0.05, 0.1) is 0 Å². The number of ether oxygens (including phenoxy) is 1. The molecule has 3 aromatic rings. The van der Waals surface area contributed by atoms with Crippen molar-refractivity contribution < 1.29 is 23.6 Å². The van der Waals surface area contributed by atoms with Gasteiger partial charge in [0.2, 0.25) is 0 Å². The van der Waals surface area contributed by atoms with Gasteiger partial charge in [-0.3, -0.25) is 0 Å². The Balaban J connectivity index is 0.00000243. The van der Waals surface area contributed by atoms with E-state index in [4.69, 9.17) is 4.74 Å². The number of hydrogen-bond donors (Lipinski definition) is 0. The molecule has 0 amide bonds. The Bertz CT molecular complexity index is 644. The van der Waals surface area contributed by atoms with Crippen molar-refractivity contribution in [3.05, 3.63) is 115 Å². The molecule has 0 aromatic heterocycles. The molecule has 3 aromatic carbocycles. The Hall–Kier alpha value is -1.78. The van der Waals surface area contributed by atoms with Crippen molar-refractivity contribution in [2.45, 2.75) is 24.9 Å². The zero-order chi connectivity index (χ0) is 17.4. The van der Waals surface area contributed by atoms with E-state index in [1.807, 2.05) is 18.2 Å². The van der Waals surface area contributed by atoms with E-state index < -0.39 is 5.60 Å². The van der Waals surface area contributed by atoms with E-state index in [1.54, 1.807) is 0 Å². The molecule has 0 unspecified atom stereocenters. The van der Waals surface area contributed by atoms with Gasteiger partial charge in [-0.1, -0.05) is 97.4 Å². The number of hydrogen-bond acceptors (Lipinski definition) is 1. The second-order valence-electron chi connectivity index (χ2n) is 6.19. The first-order valence-corrected chi connectivity index (χ1v) is 8.97. The minimum atomic E-state index is -0.592. The zero-order valence-corrected chi connectivity index (χ0v) is 15.6. The molecule has 3 rings (SSSR count). The van der Waals surface area contributed by atoms with Crippen LogP contribution in [0.2, 0.25) is 0 Å². The molecule has 1 nitrogen and oxygen atoms in total. The third kappa shape index (κ3) is 4.49. The topological polar surface area (TPSA) is 9.23 Å². The predicted octanol–water partition coefficient (Wildman–Crippen LogP) is 3.00. The summed E-state index contributed by atoms with van der Waals surface area (Å²) in [5.74, 6) is 0. The Labute approximate surface area is 169 Å². The molecule has 0 radical (unpaired) electrons. The monoisotopic (exact) mass is 336 g/mol. The van der Waals surface area contributed by atoms with Gasteiger partial charge in [-0.15, -0.1) is 0 Å². The van der Waals surface area contributed by atoms with Crippen LogP contribution in [0, 0.1) is 6.92 Å². The summed E-state index contributed by atoms with van der Waals surface area (Å²) in [5, 5.41) is 0. The zero-order valence-electron chi connectivity index (χ0n) is 15.6. The van der Waals surface area contributed by atoms with Crippen molar-refractivity contribution in [3.8, 4) is 0 Å². The summed E-state index contributed by atoms with van der Waals surface area (Å²) in [7, 11) is 0. The van der Waals surface area contributed by atoms with E-state index in [0.717, 1.165) is 36.0 Å². The van der Waals surface area contributed by atoms with Crippen LogP contribution in [-0.4, -0.2) is 6.61 Å². The van der Waals surface area contributed by atoms with E-state index in [9.17, 15) is 0 Å². The summed E-state index contributed by atoms with van der Waals surface area (Å²) in [4.78, 5) is 0. The van der Waals surface area contributed by atoms with Gasteiger partial charge in [-0.25, -0.2) is 0 Å². The summed E-state index contributed by atoms with van der Waals surface area (Å²) in [6.45, 7) is 4.64. The van der Waals surface area contributed by atoms with E-state index in [2.05, 4.69) is 79.7 Å². The molecule has 0 aliphatic heterocycles. The maximum absolute atomic E-state index is 6.66. The van der Waals surface area contributed by atoms with Crippen LogP contribution in [0.3, 0.4) is 0 Å². The molecule has 0 aliphatic rings. The van der Waals surface area contributed by atoms with Crippen LogP contribution >= 0.6 is 0 Å². The molecular formula is C24H25LiO. The first kappa shape index (κ1) is 20.5. The maximum atomic E-state index is 6.66. The normalized spacial score (nSPS) is 11.0. The molecule has 0 bridgehead atoms. The molecule has 0 fully saturated rings. The average molecular weight is 336 g/mol. The molecule has 0 saturated carbocycles. The van der Waals surface area contributed by atoms with Gasteiger partial charge in [0.25, 0.3) is 0 Å². The first-order chi connectivity index (χ1) is 12.4. The van der Waals surface area contributed by atoms with Gasteiger partial charge in [0.1, 0.15) is 5.60 Å². The summed E-state index contributed by atoms with van der Waals surface area (Å²) in [6, 6.07) is 31.5. The Kier molecular flexibility index (Phi) is 8.20. The fourth-order valence-electron chi connectivity index (χ4n) is 3.27. The third-order valence-corrected chi connectivity index (χ3v) is 4.50. The fourth-order valence-corrected chi connectivity index (χ4v) is 3.27. The van der Waals surface area contributed by atoms with Crippen LogP contribution in [0.25, 0.3) is 0 Å². The summed E-state index contributed by atoms with van der Waals surface area (Å²) >= 11 is 0. The molecule has 0 spiro atoms. The molecule has 0 heterocycles. The van der Waals surface area contributed by atoms with Crippen molar-refractivity contribution in [1.29, 1.82) is 0 Å². The Morgan fingerprint density at radius 2 is 1.00 bits per heavy atom. The van der Waals surface area contributed by atoms with E-state index in [0.29, 0.717) is 6.61 Å². The van der Waals surface area contributed by atoms with Gasteiger partial charge < -0.3 is 11.7 Å². The van der Waals surface area contributed by atoms with Crippen LogP contribution in [0.1, 0.15) is 36.0 Å². The van der Waals surface area contributed by atoms with Crippen LogP contribution < -0.4 is 18.9 Å². The molecule has 0 aliphatic carbocycles. The van der Waals surface area contributed by atoms with Crippen LogP contribution in [0.5, 0.6) is 0 Å². The van der Waals surface area contributed by atoms with Crippen LogP contribution in [-0.2, 0) is 10.3 Å². The summed E-state index contributed by atoms with van der Waals surface area (Å²) < 4.78 is 6.66.